The highest BCUT2D eigenvalue weighted by molar-refractivity contribution is 9.10. The van der Waals surface area contributed by atoms with Crippen molar-refractivity contribution in [2.45, 2.75) is 13.0 Å². The molecule has 0 bridgehead atoms. The third kappa shape index (κ3) is 3.22. The standard InChI is InChI=1S/C11H13BrN2O/c1-8(15)7-14(2)10-4-3-9(6-13)11(12)5-10/h3-5,8,15H,7H2,1-2H3. The lowest BCUT2D eigenvalue weighted by molar-refractivity contribution is 0.201. The van der Waals surface area contributed by atoms with Gasteiger partial charge in [-0.25, -0.2) is 0 Å². The molecule has 0 spiro atoms. The van der Waals surface area contributed by atoms with Crippen molar-refractivity contribution in [1.29, 1.82) is 5.26 Å². The molecule has 0 fully saturated rings. The fourth-order valence-corrected chi connectivity index (χ4v) is 1.79. The molecular weight excluding hydrogens is 256 g/mol. The maximum Gasteiger partial charge on any atom is 0.100 e. The molecule has 0 aliphatic heterocycles. The average molecular weight is 269 g/mol. The molecular formula is C11H13BrN2O. The first kappa shape index (κ1) is 12.0. The quantitative estimate of drug-likeness (QED) is 0.914. The first-order chi connectivity index (χ1) is 7.04. The van der Waals surface area contributed by atoms with E-state index in [1.54, 1.807) is 13.0 Å². The van der Waals surface area contributed by atoms with E-state index in [0.717, 1.165) is 10.2 Å². The molecule has 0 aliphatic carbocycles. The second-order valence-corrected chi connectivity index (χ2v) is 4.36. The monoisotopic (exact) mass is 268 g/mol. The topological polar surface area (TPSA) is 47.3 Å². The number of benzene rings is 1. The van der Waals surface area contributed by atoms with Gasteiger partial charge in [0.1, 0.15) is 6.07 Å². The third-order valence-corrected chi connectivity index (χ3v) is 2.71. The Balaban J connectivity index is 2.88. The Morgan fingerprint density at radius 1 is 1.60 bits per heavy atom. The molecule has 1 N–H and O–H groups in total. The summed E-state index contributed by atoms with van der Waals surface area (Å²) < 4.78 is 0.778. The van der Waals surface area contributed by atoms with Crippen LogP contribution in [0.1, 0.15) is 12.5 Å². The van der Waals surface area contributed by atoms with Gasteiger partial charge in [0.2, 0.25) is 0 Å². The molecule has 80 valence electrons. The number of halogens is 1. The molecule has 1 aromatic rings. The predicted octanol–water partition coefficient (Wildman–Crippen LogP) is 2.14. The van der Waals surface area contributed by atoms with E-state index in [-0.39, 0.29) is 6.10 Å². The van der Waals surface area contributed by atoms with E-state index in [1.165, 1.54) is 0 Å². The molecule has 15 heavy (non-hydrogen) atoms. The number of aliphatic hydroxyl groups is 1. The second-order valence-electron chi connectivity index (χ2n) is 3.51. The van der Waals surface area contributed by atoms with E-state index in [0.29, 0.717) is 12.1 Å². The predicted molar refractivity (Wildman–Crippen MR) is 63.8 cm³/mol. The molecule has 4 heteroatoms. The molecule has 0 aliphatic rings. The maximum atomic E-state index is 9.25. The van der Waals surface area contributed by atoms with Crippen molar-refractivity contribution in [2.75, 3.05) is 18.5 Å². The van der Waals surface area contributed by atoms with Crippen LogP contribution in [0, 0.1) is 11.3 Å². The Kier molecular flexibility index (Phi) is 4.13. The van der Waals surface area contributed by atoms with Crippen molar-refractivity contribution in [3.8, 4) is 6.07 Å². The minimum atomic E-state index is -0.371. The van der Waals surface area contributed by atoms with Gasteiger partial charge in [-0.15, -0.1) is 0 Å². The van der Waals surface area contributed by atoms with Gasteiger partial charge < -0.3 is 10.0 Å². The summed E-state index contributed by atoms with van der Waals surface area (Å²) in [4.78, 5) is 1.94. The Morgan fingerprint density at radius 3 is 2.73 bits per heavy atom. The summed E-state index contributed by atoms with van der Waals surface area (Å²) in [5, 5.41) is 18.0. The molecule has 1 unspecified atom stereocenters. The molecule has 0 saturated heterocycles. The normalized spacial score (nSPS) is 11.9. The zero-order valence-electron chi connectivity index (χ0n) is 8.74. The van der Waals surface area contributed by atoms with Crippen molar-refractivity contribution >= 4 is 21.6 Å². The van der Waals surface area contributed by atoms with Gasteiger partial charge >= 0.3 is 0 Å². The van der Waals surface area contributed by atoms with Crippen molar-refractivity contribution < 1.29 is 5.11 Å². The van der Waals surface area contributed by atoms with Crippen LogP contribution in [0.3, 0.4) is 0 Å². The fourth-order valence-electron chi connectivity index (χ4n) is 1.33. The zero-order chi connectivity index (χ0) is 11.4. The van der Waals surface area contributed by atoms with Gasteiger partial charge in [-0.05, 0) is 41.1 Å². The van der Waals surface area contributed by atoms with Gasteiger partial charge in [-0.2, -0.15) is 5.26 Å². The lowest BCUT2D eigenvalue weighted by Crippen LogP contribution is -2.26. The zero-order valence-corrected chi connectivity index (χ0v) is 10.3. The number of nitrogens with zero attached hydrogens (tertiary/aromatic N) is 2. The van der Waals surface area contributed by atoms with Crippen LogP contribution in [0.15, 0.2) is 22.7 Å². The number of rotatable bonds is 3. The Hall–Kier alpha value is -1.05. The van der Waals surface area contributed by atoms with Gasteiger partial charge in [0.05, 0.1) is 11.7 Å². The number of likely N-dealkylation sites (N-methyl/N-ethyl adjacent to an activating group) is 1. The Bertz CT molecular complexity index is 385. The van der Waals surface area contributed by atoms with Crippen molar-refractivity contribution in [3.05, 3.63) is 28.2 Å². The van der Waals surface area contributed by atoms with Crippen LogP contribution in [0.2, 0.25) is 0 Å². The van der Waals surface area contributed by atoms with E-state index in [2.05, 4.69) is 22.0 Å². The first-order valence-electron chi connectivity index (χ1n) is 4.63. The molecule has 1 rings (SSSR count). The summed E-state index contributed by atoms with van der Waals surface area (Å²) in [5.41, 5.74) is 1.59. The Labute approximate surface area is 98.1 Å². The van der Waals surface area contributed by atoms with Crippen LogP contribution in [-0.2, 0) is 0 Å². The van der Waals surface area contributed by atoms with Gasteiger partial charge in [0, 0.05) is 23.8 Å². The molecule has 3 nitrogen and oxygen atoms in total. The van der Waals surface area contributed by atoms with Crippen LogP contribution < -0.4 is 4.90 Å². The van der Waals surface area contributed by atoms with Crippen LogP contribution >= 0.6 is 15.9 Å². The van der Waals surface area contributed by atoms with E-state index in [9.17, 15) is 5.11 Å². The van der Waals surface area contributed by atoms with Crippen LogP contribution in [0.25, 0.3) is 0 Å². The van der Waals surface area contributed by atoms with E-state index < -0.39 is 0 Å². The smallest absolute Gasteiger partial charge is 0.100 e. The van der Waals surface area contributed by atoms with Crippen LogP contribution in [0.4, 0.5) is 5.69 Å². The van der Waals surface area contributed by atoms with Gasteiger partial charge in [-0.3, -0.25) is 0 Å². The minimum absolute atomic E-state index is 0.371. The second kappa shape index (κ2) is 5.15. The minimum Gasteiger partial charge on any atom is -0.392 e. The van der Waals surface area contributed by atoms with E-state index in [4.69, 9.17) is 5.26 Å². The first-order valence-corrected chi connectivity index (χ1v) is 5.42. The molecule has 0 aromatic heterocycles. The average Bonchev–Trinajstić information content (AvgIpc) is 2.16. The highest BCUT2D eigenvalue weighted by atomic mass is 79.9. The summed E-state index contributed by atoms with van der Waals surface area (Å²) in [5.74, 6) is 0. The van der Waals surface area contributed by atoms with Gasteiger partial charge in [0.25, 0.3) is 0 Å². The lowest BCUT2D eigenvalue weighted by Gasteiger charge is -2.21. The van der Waals surface area contributed by atoms with E-state index in [1.807, 2.05) is 24.1 Å². The number of hydrogen-bond donors (Lipinski definition) is 1. The van der Waals surface area contributed by atoms with E-state index >= 15 is 0 Å². The van der Waals surface area contributed by atoms with Crippen LogP contribution in [-0.4, -0.2) is 24.8 Å². The summed E-state index contributed by atoms with van der Waals surface area (Å²) >= 11 is 3.33. The van der Waals surface area contributed by atoms with Gasteiger partial charge in [0.15, 0.2) is 0 Å². The highest BCUT2D eigenvalue weighted by Gasteiger charge is 2.06. The van der Waals surface area contributed by atoms with Crippen LogP contribution in [0.5, 0.6) is 0 Å². The molecule has 1 atom stereocenters. The SMILES string of the molecule is CC(O)CN(C)c1ccc(C#N)c(Br)c1. The molecule has 0 amide bonds. The summed E-state index contributed by atoms with van der Waals surface area (Å²) in [6.07, 6.45) is -0.371. The maximum absolute atomic E-state index is 9.25. The number of nitriles is 1. The molecule has 0 saturated carbocycles. The fraction of sp³-hybridized carbons (Fsp3) is 0.364. The van der Waals surface area contributed by atoms with Crippen molar-refractivity contribution in [3.63, 3.8) is 0 Å². The molecule has 0 heterocycles. The van der Waals surface area contributed by atoms with Crippen molar-refractivity contribution in [1.82, 2.24) is 0 Å². The van der Waals surface area contributed by atoms with Crippen molar-refractivity contribution in [2.24, 2.45) is 0 Å². The lowest BCUT2D eigenvalue weighted by atomic mass is 10.2. The molecule has 0 radical (unpaired) electrons. The Morgan fingerprint density at radius 2 is 2.27 bits per heavy atom. The van der Waals surface area contributed by atoms with Gasteiger partial charge in [-0.1, -0.05) is 0 Å². The summed E-state index contributed by atoms with van der Waals surface area (Å²) in [7, 11) is 1.90. The number of hydrogen-bond acceptors (Lipinski definition) is 3. The number of aliphatic hydroxyl groups excluding tert-OH is 1. The highest BCUT2D eigenvalue weighted by Crippen LogP contribution is 2.23. The third-order valence-electron chi connectivity index (χ3n) is 2.05. The summed E-state index contributed by atoms with van der Waals surface area (Å²) in [6.45, 7) is 2.31. The largest absolute Gasteiger partial charge is 0.392 e. The molecule has 1 aromatic carbocycles. The summed E-state index contributed by atoms with van der Waals surface area (Å²) in [6, 6.07) is 7.59. The number of anilines is 1.